The average molecular weight is 371 g/mol. The molecule has 1 amide bonds. The van der Waals surface area contributed by atoms with E-state index in [1.54, 1.807) is 11.2 Å². The first-order valence-electron chi connectivity index (χ1n) is 9.42. The van der Waals surface area contributed by atoms with Crippen molar-refractivity contribution < 1.29 is 23.5 Å². The molecule has 6 nitrogen and oxygen atoms in total. The second-order valence-corrected chi connectivity index (χ2v) is 8.44. The maximum absolute atomic E-state index is 13.1. The van der Waals surface area contributed by atoms with Gasteiger partial charge in [0.2, 0.25) is 0 Å². The highest BCUT2D eigenvalue weighted by Crippen LogP contribution is 2.35. The fourth-order valence-corrected chi connectivity index (χ4v) is 4.10. The average Bonchev–Trinajstić information content (AvgIpc) is 3.06. The van der Waals surface area contributed by atoms with Gasteiger partial charge in [0.25, 0.3) is 0 Å². The van der Waals surface area contributed by atoms with Gasteiger partial charge in [0.15, 0.2) is 5.78 Å². The minimum atomic E-state index is -0.543. The van der Waals surface area contributed by atoms with Crippen molar-refractivity contribution in [2.45, 2.75) is 51.3 Å². The van der Waals surface area contributed by atoms with Gasteiger partial charge < -0.3 is 13.9 Å². The zero-order chi connectivity index (χ0) is 19.2. The number of hydrogen-bond acceptors (Lipinski definition) is 5. The summed E-state index contributed by atoms with van der Waals surface area (Å²) in [6.07, 6.45) is 2.50. The monoisotopic (exact) mass is 371 g/mol. The Morgan fingerprint density at radius 3 is 2.48 bits per heavy atom. The van der Waals surface area contributed by atoms with E-state index in [9.17, 15) is 9.59 Å². The summed E-state index contributed by atoms with van der Waals surface area (Å²) in [7, 11) is 0. The first-order valence-corrected chi connectivity index (χ1v) is 9.42. The van der Waals surface area contributed by atoms with Gasteiger partial charge in [-0.2, -0.15) is 0 Å². The number of carbonyl (C=O) groups excluding carboxylic acids is 2. The standard InChI is InChI=1S/C21H25NO5/c1-21(2,3)27-20(24)22-16-9-15(10-17(22)12-25-11-16)19(23)14-4-5-18-13(8-14)6-7-26-18/h4-8,15-17H,9-12H2,1-3H3. The lowest BCUT2D eigenvalue weighted by Gasteiger charge is -2.47. The maximum Gasteiger partial charge on any atom is 0.410 e. The minimum Gasteiger partial charge on any atom is -0.464 e. The number of fused-ring (bicyclic) bond motifs is 3. The van der Waals surface area contributed by atoms with E-state index < -0.39 is 5.60 Å². The highest BCUT2D eigenvalue weighted by atomic mass is 16.6. The van der Waals surface area contributed by atoms with Gasteiger partial charge in [-0.15, -0.1) is 0 Å². The summed E-state index contributed by atoms with van der Waals surface area (Å²) in [6.45, 7) is 6.47. The highest BCUT2D eigenvalue weighted by molar-refractivity contribution is 6.00. The number of rotatable bonds is 2. The molecule has 6 heteroatoms. The number of carbonyl (C=O) groups is 2. The molecule has 2 aromatic rings. The van der Waals surface area contributed by atoms with Crippen LogP contribution < -0.4 is 0 Å². The molecule has 0 radical (unpaired) electrons. The molecule has 2 fully saturated rings. The summed E-state index contributed by atoms with van der Waals surface area (Å²) in [5.41, 5.74) is 0.925. The van der Waals surface area contributed by atoms with Crippen LogP contribution in [0.2, 0.25) is 0 Å². The Balaban J connectivity index is 1.52. The molecule has 4 rings (SSSR count). The molecule has 1 aromatic carbocycles. The molecular weight excluding hydrogens is 346 g/mol. The predicted octanol–water partition coefficient (Wildman–Crippen LogP) is 4.03. The molecule has 0 saturated carbocycles. The molecule has 2 aliphatic heterocycles. The number of piperidine rings is 1. The van der Waals surface area contributed by atoms with Crippen molar-refractivity contribution in [2.24, 2.45) is 5.92 Å². The van der Waals surface area contributed by atoms with E-state index in [1.165, 1.54) is 0 Å². The van der Waals surface area contributed by atoms with Crippen LogP contribution in [0.3, 0.4) is 0 Å². The van der Waals surface area contributed by atoms with Crippen molar-refractivity contribution in [1.82, 2.24) is 4.90 Å². The van der Waals surface area contributed by atoms with Gasteiger partial charge in [0.1, 0.15) is 11.2 Å². The van der Waals surface area contributed by atoms with Gasteiger partial charge in [0, 0.05) is 16.9 Å². The van der Waals surface area contributed by atoms with Crippen molar-refractivity contribution in [2.75, 3.05) is 13.2 Å². The molecule has 144 valence electrons. The van der Waals surface area contributed by atoms with Gasteiger partial charge in [-0.3, -0.25) is 9.69 Å². The zero-order valence-electron chi connectivity index (χ0n) is 15.9. The topological polar surface area (TPSA) is 69.0 Å². The minimum absolute atomic E-state index is 0.119. The lowest BCUT2D eigenvalue weighted by Crippen LogP contribution is -2.60. The highest BCUT2D eigenvalue weighted by Gasteiger charge is 2.45. The number of benzene rings is 1. The molecule has 2 unspecified atom stereocenters. The summed E-state index contributed by atoms with van der Waals surface area (Å²) in [5, 5.41) is 0.926. The molecule has 2 bridgehead atoms. The van der Waals surface area contributed by atoms with Crippen molar-refractivity contribution in [3.8, 4) is 0 Å². The van der Waals surface area contributed by atoms with Crippen LogP contribution in [0.25, 0.3) is 11.0 Å². The van der Waals surface area contributed by atoms with Gasteiger partial charge in [-0.25, -0.2) is 4.79 Å². The maximum atomic E-state index is 13.1. The Labute approximate surface area is 158 Å². The largest absolute Gasteiger partial charge is 0.464 e. The Bertz CT molecular complexity index is 851. The second-order valence-electron chi connectivity index (χ2n) is 8.44. The van der Waals surface area contributed by atoms with Gasteiger partial charge in [-0.1, -0.05) is 0 Å². The normalized spacial score (nSPS) is 25.4. The van der Waals surface area contributed by atoms with Crippen molar-refractivity contribution in [3.63, 3.8) is 0 Å². The number of hydrogen-bond donors (Lipinski definition) is 0. The van der Waals surface area contributed by atoms with E-state index in [1.807, 2.05) is 45.0 Å². The number of furan rings is 1. The van der Waals surface area contributed by atoms with E-state index in [-0.39, 0.29) is 29.9 Å². The van der Waals surface area contributed by atoms with Crippen LogP contribution in [0.4, 0.5) is 4.79 Å². The van der Waals surface area contributed by atoms with E-state index in [0.717, 1.165) is 11.0 Å². The Kier molecular flexibility index (Phi) is 4.46. The molecule has 0 spiro atoms. The van der Waals surface area contributed by atoms with Gasteiger partial charge in [-0.05, 0) is 57.9 Å². The summed E-state index contributed by atoms with van der Waals surface area (Å²) in [4.78, 5) is 27.5. The molecule has 3 heterocycles. The summed E-state index contributed by atoms with van der Waals surface area (Å²) >= 11 is 0. The quantitative estimate of drug-likeness (QED) is 0.746. The van der Waals surface area contributed by atoms with Crippen LogP contribution in [-0.2, 0) is 9.47 Å². The Morgan fingerprint density at radius 1 is 1.11 bits per heavy atom. The first-order chi connectivity index (χ1) is 12.8. The third kappa shape index (κ3) is 3.58. The molecule has 0 N–H and O–H groups in total. The first kappa shape index (κ1) is 18.0. The second kappa shape index (κ2) is 6.68. The van der Waals surface area contributed by atoms with Crippen molar-refractivity contribution >= 4 is 22.8 Å². The summed E-state index contributed by atoms with van der Waals surface area (Å²) < 4.78 is 16.6. The van der Waals surface area contributed by atoms with Crippen LogP contribution in [0.5, 0.6) is 0 Å². The lowest BCUT2D eigenvalue weighted by molar-refractivity contribution is -0.0861. The smallest absolute Gasteiger partial charge is 0.410 e. The third-order valence-corrected chi connectivity index (χ3v) is 5.23. The van der Waals surface area contributed by atoms with Crippen LogP contribution >= 0.6 is 0 Å². The van der Waals surface area contributed by atoms with Gasteiger partial charge >= 0.3 is 6.09 Å². The Morgan fingerprint density at radius 2 is 1.81 bits per heavy atom. The van der Waals surface area contributed by atoms with E-state index in [4.69, 9.17) is 13.9 Å². The molecular formula is C21H25NO5. The number of amides is 1. The number of ether oxygens (including phenoxy) is 2. The van der Waals surface area contributed by atoms with Crippen LogP contribution in [0.15, 0.2) is 34.9 Å². The molecule has 27 heavy (non-hydrogen) atoms. The SMILES string of the molecule is CC(C)(C)OC(=O)N1C2COCC1CC(C(=O)c1ccc3occc3c1)C2. The van der Waals surface area contributed by atoms with E-state index in [2.05, 4.69) is 0 Å². The van der Waals surface area contributed by atoms with E-state index >= 15 is 0 Å². The fourth-order valence-electron chi connectivity index (χ4n) is 4.10. The van der Waals surface area contributed by atoms with Gasteiger partial charge in [0.05, 0.1) is 31.6 Å². The lowest BCUT2D eigenvalue weighted by atomic mass is 9.80. The number of nitrogens with zero attached hydrogens (tertiary/aromatic N) is 1. The molecule has 2 saturated heterocycles. The fraction of sp³-hybridized carbons (Fsp3) is 0.524. The van der Waals surface area contributed by atoms with Crippen molar-refractivity contribution in [1.29, 1.82) is 0 Å². The predicted molar refractivity (Wildman–Crippen MR) is 99.7 cm³/mol. The Hall–Kier alpha value is -2.34. The number of morpholine rings is 1. The molecule has 2 atom stereocenters. The van der Waals surface area contributed by atoms with Crippen LogP contribution in [0, 0.1) is 5.92 Å². The summed E-state index contributed by atoms with van der Waals surface area (Å²) in [5.74, 6) is 0.00535. The summed E-state index contributed by atoms with van der Waals surface area (Å²) in [6, 6.07) is 7.15. The van der Waals surface area contributed by atoms with Crippen molar-refractivity contribution in [3.05, 3.63) is 36.1 Å². The van der Waals surface area contributed by atoms with Crippen LogP contribution in [-0.4, -0.2) is 47.7 Å². The third-order valence-electron chi connectivity index (χ3n) is 5.23. The van der Waals surface area contributed by atoms with Crippen LogP contribution in [0.1, 0.15) is 44.0 Å². The molecule has 0 aliphatic carbocycles. The van der Waals surface area contributed by atoms with E-state index in [0.29, 0.717) is 31.6 Å². The molecule has 1 aromatic heterocycles. The number of ketones is 1. The zero-order valence-corrected chi connectivity index (χ0v) is 15.9. The number of Topliss-reactive ketones (excluding diaryl/α,β-unsaturated/α-hetero) is 1. The molecule has 2 aliphatic rings.